The summed E-state index contributed by atoms with van der Waals surface area (Å²) >= 11 is 3.45. The zero-order valence-electron chi connectivity index (χ0n) is 11.4. The third-order valence-electron chi connectivity index (χ3n) is 3.49. The molecule has 106 valence electrons. The van der Waals surface area contributed by atoms with Gasteiger partial charge in [-0.05, 0) is 25.2 Å². The van der Waals surface area contributed by atoms with Gasteiger partial charge in [-0.25, -0.2) is 0 Å². The number of benzene rings is 1. The minimum atomic E-state index is 0.579. The average Bonchev–Trinajstić information content (AvgIpc) is 2.90. The fraction of sp³-hybridized carbons (Fsp3) is 0.429. The number of hydrogen-bond donors (Lipinski definition) is 0. The fourth-order valence-electron chi connectivity index (χ4n) is 2.25. The molecule has 2 aromatic rings. The Balaban J connectivity index is 1.68. The third-order valence-corrected chi connectivity index (χ3v) is 3.99. The van der Waals surface area contributed by atoms with Crippen molar-refractivity contribution in [1.29, 1.82) is 0 Å². The predicted octanol–water partition coefficient (Wildman–Crippen LogP) is 2.25. The van der Waals surface area contributed by atoms with E-state index in [4.69, 9.17) is 4.42 Å². The van der Waals surface area contributed by atoms with Crippen LogP contribution in [0.3, 0.4) is 0 Å². The molecule has 0 unspecified atom stereocenters. The molecule has 0 N–H and O–H groups in total. The molecule has 0 saturated carbocycles. The average molecular weight is 337 g/mol. The van der Waals surface area contributed by atoms with Crippen molar-refractivity contribution in [2.45, 2.75) is 6.54 Å². The Kier molecular flexibility index (Phi) is 4.14. The smallest absolute Gasteiger partial charge is 0.247 e. The predicted molar refractivity (Wildman–Crippen MR) is 80.2 cm³/mol. The van der Waals surface area contributed by atoms with Crippen molar-refractivity contribution in [1.82, 2.24) is 20.0 Å². The zero-order valence-corrected chi connectivity index (χ0v) is 13.0. The Labute approximate surface area is 126 Å². The lowest BCUT2D eigenvalue weighted by molar-refractivity contribution is 0.138. The van der Waals surface area contributed by atoms with Crippen molar-refractivity contribution < 1.29 is 4.42 Å². The largest absolute Gasteiger partial charge is 0.419 e. The van der Waals surface area contributed by atoms with E-state index < -0.39 is 0 Å². The Morgan fingerprint density at radius 1 is 1.20 bits per heavy atom. The normalized spacial score (nSPS) is 17.5. The van der Waals surface area contributed by atoms with Crippen molar-refractivity contribution in [2.75, 3.05) is 33.2 Å². The molecule has 1 fully saturated rings. The van der Waals surface area contributed by atoms with Gasteiger partial charge in [0.15, 0.2) is 0 Å². The first-order chi connectivity index (χ1) is 9.70. The summed E-state index contributed by atoms with van der Waals surface area (Å²) in [5.74, 6) is 1.26. The van der Waals surface area contributed by atoms with E-state index in [0.717, 1.165) is 42.8 Å². The van der Waals surface area contributed by atoms with Crippen molar-refractivity contribution in [3.63, 3.8) is 0 Å². The van der Waals surface area contributed by atoms with E-state index in [9.17, 15) is 0 Å². The molecule has 1 aliphatic heterocycles. The van der Waals surface area contributed by atoms with Gasteiger partial charge in [0.25, 0.3) is 0 Å². The van der Waals surface area contributed by atoms with Crippen LogP contribution in [0.15, 0.2) is 33.2 Å². The summed E-state index contributed by atoms with van der Waals surface area (Å²) in [5, 5.41) is 8.28. The summed E-state index contributed by atoms with van der Waals surface area (Å²) in [6, 6.07) is 7.89. The Bertz CT molecular complexity index is 578. The molecule has 0 aliphatic carbocycles. The van der Waals surface area contributed by atoms with Gasteiger partial charge in [0.05, 0.1) is 6.54 Å². The van der Waals surface area contributed by atoms with E-state index >= 15 is 0 Å². The zero-order chi connectivity index (χ0) is 13.9. The first-order valence-corrected chi connectivity index (χ1v) is 7.49. The minimum Gasteiger partial charge on any atom is -0.419 e. The van der Waals surface area contributed by atoms with Crippen molar-refractivity contribution in [3.05, 3.63) is 34.6 Å². The molecule has 20 heavy (non-hydrogen) atoms. The van der Waals surface area contributed by atoms with E-state index in [-0.39, 0.29) is 0 Å². The minimum absolute atomic E-state index is 0.579. The summed E-state index contributed by atoms with van der Waals surface area (Å²) in [5.41, 5.74) is 0.941. The molecule has 6 heteroatoms. The molecule has 0 spiro atoms. The standard InChI is InChI=1S/C14H17BrN4O/c1-18-5-7-19(8-6-18)10-13-16-17-14(20-13)11-3-2-4-12(15)9-11/h2-4,9H,5-8,10H2,1H3. The molecule has 1 aromatic carbocycles. The molecule has 0 bridgehead atoms. The van der Waals surface area contributed by atoms with Gasteiger partial charge in [-0.3, -0.25) is 4.90 Å². The van der Waals surface area contributed by atoms with Crippen LogP contribution >= 0.6 is 15.9 Å². The molecule has 5 nitrogen and oxygen atoms in total. The summed E-state index contributed by atoms with van der Waals surface area (Å²) < 4.78 is 6.76. The monoisotopic (exact) mass is 336 g/mol. The van der Waals surface area contributed by atoms with Gasteiger partial charge < -0.3 is 9.32 Å². The first kappa shape index (κ1) is 13.7. The molecule has 0 radical (unpaired) electrons. The van der Waals surface area contributed by atoms with Gasteiger partial charge >= 0.3 is 0 Å². The van der Waals surface area contributed by atoms with E-state index in [1.54, 1.807) is 0 Å². The van der Waals surface area contributed by atoms with Crippen LogP contribution in [-0.2, 0) is 6.54 Å². The van der Waals surface area contributed by atoms with Gasteiger partial charge in [-0.1, -0.05) is 22.0 Å². The number of hydrogen-bond acceptors (Lipinski definition) is 5. The van der Waals surface area contributed by atoms with E-state index in [1.807, 2.05) is 24.3 Å². The second kappa shape index (κ2) is 6.03. The molecular formula is C14H17BrN4O. The quantitative estimate of drug-likeness (QED) is 0.860. The highest BCUT2D eigenvalue weighted by molar-refractivity contribution is 9.10. The highest BCUT2D eigenvalue weighted by atomic mass is 79.9. The molecule has 3 rings (SSSR count). The van der Waals surface area contributed by atoms with Crippen LogP contribution in [0.25, 0.3) is 11.5 Å². The number of rotatable bonds is 3. The van der Waals surface area contributed by atoms with Crippen LogP contribution in [0.2, 0.25) is 0 Å². The van der Waals surface area contributed by atoms with Gasteiger partial charge in [-0.15, -0.1) is 10.2 Å². The van der Waals surface area contributed by atoms with E-state index in [1.165, 1.54) is 0 Å². The first-order valence-electron chi connectivity index (χ1n) is 6.70. The second-order valence-corrected chi connectivity index (χ2v) is 6.01. The van der Waals surface area contributed by atoms with Gasteiger partial charge in [0.2, 0.25) is 11.8 Å². The SMILES string of the molecule is CN1CCN(Cc2nnc(-c3cccc(Br)c3)o2)CC1. The summed E-state index contributed by atoms with van der Waals surface area (Å²) in [7, 11) is 2.15. The van der Waals surface area contributed by atoms with Gasteiger partial charge in [0.1, 0.15) is 0 Å². The van der Waals surface area contributed by atoms with Crippen molar-refractivity contribution in [3.8, 4) is 11.5 Å². The van der Waals surface area contributed by atoms with Crippen LogP contribution in [0, 0.1) is 0 Å². The molecule has 2 heterocycles. The second-order valence-electron chi connectivity index (χ2n) is 5.09. The highest BCUT2D eigenvalue weighted by Gasteiger charge is 2.17. The molecule has 1 aliphatic rings. The van der Waals surface area contributed by atoms with Crippen LogP contribution in [0.1, 0.15) is 5.89 Å². The van der Waals surface area contributed by atoms with Crippen molar-refractivity contribution in [2.24, 2.45) is 0 Å². The lowest BCUT2D eigenvalue weighted by atomic mass is 10.2. The maximum atomic E-state index is 5.76. The molecule has 0 atom stereocenters. The lowest BCUT2D eigenvalue weighted by Crippen LogP contribution is -2.43. The number of nitrogens with zero attached hydrogens (tertiary/aromatic N) is 4. The number of piperazine rings is 1. The third kappa shape index (κ3) is 3.26. The van der Waals surface area contributed by atoms with Gasteiger partial charge in [-0.2, -0.15) is 0 Å². The number of likely N-dealkylation sites (N-methyl/N-ethyl adjacent to an activating group) is 1. The van der Waals surface area contributed by atoms with Crippen LogP contribution in [-0.4, -0.2) is 53.2 Å². The highest BCUT2D eigenvalue weighted by Crippen LogP contribution is 2.22. The van der Waals surface area contributed by atoms with Crippen molar-refractivity contribution >= 4 is 15.9 Å². The summed E-state index contributed by atoms with van der Waals surface area (Å²) in [4.78, 5) is 4.68. The maximum Gasteiger partial charge on any atom is 0.247 e. The Morgan fingerprint density at radius 3 is 2.75 bits per heavy atom. The summed E-state index contributed by atoms with van der Waals surface area (Å²) in [6.45, 7) is 5.00. The number of aromatic nitrogens is 2. The molecule has 1 saturated heterocycles. The van der Waals surface area contributed by atoms with Gasteiger partial charge in [0, 0.05) is 36.2 Å². The Morgan fingerprint density at radius 2 is 2.00 bits per heavy atom. The maximum absolute atomic E-state index is 5.76. The van der Waals surface area contributed by atoms with E-state index in [2.05, 4.69) is 43.0 Å². The Hall–Kier alpha value is -1.24. The molecule has 0 amide bonds. The number of halogens is 1. The van der Waals surface area contributed by atoms with Crippen LogP contribution in [0.4, 0.5) is 0 Å². The molecule has 1 aromatic heterocycles. The fourth-order valence-corrected chi connectivity index (χ4v) is 2.65. The molecular weight excluding hydrogens is 320 g/mol. The van der Waals surface area contributed by atoms with Crippen LogP contribution < -0.4 is 0 Å². The summed E-state index contributed by atoms with van der Waals surface area (Å²) in [6.07, 6.45) is 0. The topological polar surface area (TPSA) is 45.4 Å². The lowest BCUT2D eigenvalue weighted by Gasteiger charge is -2.31. The van der Waals surface area contributed by atoms with E-state index in [0.29, 0.717) is 11.8 Å². The van der Waals surface area contributed by atoms with Crippen LogP contribution in [0.5, 0.6) is 0 Å².